The van der Waals surface area contributed by atoms with Crippen LogP contribution in [0.4, 0.5) is 0 Å². The van der Waals surface area contributed by atoms with Crippen LogP contribution in [0.2, 0.25) is 0 Å². The summed E-state index contributed by atoms with van der Waals surface area (Å²) in [6.07, 6.45) is 12.7. The third-order valence-corrected chi connectivity index (χ3v) is 5.45. The van der Waals surface area contributed by atoms with Gasteiger partial charge in [-0.2, -0.15) is 0 Å². The second-order valence-corrected chi connectivity index (χ2v) is 7.26. The molecule has 0 spiro atoms. The quantitative estimate of drug-likeness (QED) is 0.374. The maximum atomic E-state index is 12.4. The first-order chi connectivity index (χ1) is 10.5. The van der Waals surface area contributed by atoms with Crippen molar-refractivity contribution in [3.63, 3.8) is 0 Å². The van der Waals surface area contributed by atoms with E-state index in [-0.39, 0.29) is 17.0 Å². The molecule has 0 N–H and O–H groups in total. The first-order valence-corrected chi connectivity index (χ1v) is 9.36. The Balaban J connectivity index is 3.22. The second-order valence-electron chi connectivity index (χ2n) is 7.26. The molecule has 2 nitrogen and oxygen atoms in total. The summed E-state index contributed by atoms with van der Waals surface area (Å²) in [6, 6.07) is 0. The highest BCUT2D eigenvalue weighted by Crippen LogP contribution is 2.53. The van der Waals surface area contributed by atoms with Gasteiger partial charge in [-0.1, -0.05) is 53.0 Å². The van der Waals surface area contributed by atoms with Crippen LogP contribution in [0.5, 0.6) is 0 Å². The van der Waals surface area contributed by atoms with Gasteiger partial charge in [-0.25, -0.2) is 4.79 Å². The van der Waals surface area contributed by atoms with Crippen LogP contribution >= 0.6 is 0 Å². The molecule has 1 aliphatic carbocycles. The summed E-state index contributed by atoms with van der Waals surface area (Å²) in [5.41, 5.74) is 0.420. The predicted octanol–water partition coefficient (Wildman–Crippen LogP) is 6.20. The van der Waals surface area contributed by atoms with E-state index >= 15 is 0 Å². The zero-order valence-electron chi connectivity index (χ0n) is 15.3. The summed E-state index contributed by atoms with van der Waals surface area (Å²) in [5.74, 6) is -0.186. The SMILES string of the molecule is C=C(C)C(=O)OC1(C(CCC)(CCC)CCC)CCCCC1. The number of hydrogen-bond donors (Lipinski definition) is 0. The minimum atomic E-state index is -0.261. The van der Waals surface area contributed by atoms with Crippen molar-refractivity contribution < 1.29 is 9.53 Å². The van der Waals surface area contributed by atoms with E-state index in [9.17, 15) is 4.79 Å². The van der Waals surface area contributed by atoms with Gasteiger partial charge in [-0.3, -0.25) is 0 Å². The van der Waals surface area contributed by atoms with Crippen molar-refractivity contribution in [1.29, 1.82) is 0 Å². The highest BCUT2D eigenvalue weighted by molar-refractivity contribution is 5.87. The molecule has 0 aliphatic heterocycles. The molecule has 0 aromatic heterocycles. The normalized spacial score (nSPS) is 18.0. The topological polar surface area (TPSA) is 26.3 Å². The average molecular weight is 309 g/mol. The number of carbonyl (C=O) groups is 1. The van der Waals surface area contributed by atoms with Crippen LogP contribution in [0.3, 0.4) is 0 Å². The van der Waals surface area contributed by atoms with Gasteiger partial charge in [-0.15, -0.1) is 0 Å². The molecule has 1 rings (SSSR count). The molecular weight excluding hydrogens is 272 g/mol. The molecule has 0 aromatic rings. The van der Waals surface area contributed by atoms with E-state index in [1.165, 1.54) is 19.3 Å². The minimum absolute atomic E-state index is 0.150. The summed E-state index contributed by atoms with van der Waals surface area (Å²) in [4.78, 5) is 12.4. The van der Waals surface area contributed by atoms with Gasteiger partial charge in [0.05, 0.1) is 0 Å². The van der Waals surface area contributed by atoms with E-state index in [0.717, 1.165) is 51.4 Å². The van der Waals surface area contributed by atoms with Crippen LogP contribution < -0.4 is 0 Å². The number of esters is 1. The van der Waals surface area contributed by atoms with Gasteiger partial charge >= 0.3 is 5.97 Å². The number of hydrogen-bond acceptors (Lipinski definition) is 2. The van der Waals surface area contributed by atoms with Gasteiger partial charge in [0.15, 0.2) is 0 Å². The smallest absolute Gasteiger partial charge is 0.333 e. The van der Waals surface area contributed by atoms with E-state index in [1.807, 2.05) is 0 Å². The minimum Gasteiger partial charge on any atom is -0.455 e. The van der Waals surface area contributed by atoms with Crippen LogP contribution in [0.1, 0.15) is 98.3 Å². The van der Waals surface area contributed by atoms with E-state index < -0.39 is 0 Å². The molecule has 1 aliphatic rings. The maximum absolute atomic E-state index is 12.4. The lowest BCUT2D eigenvalue weighted by molar-refractivity contribution is -0.185. The maximum Gasteiger partial charge on any atom is 0.333 e. The Bertz CT molecular complexity index is 347. The molecule has 0 atom stereocenters. The first-order valence-electron chi connectivity index (χ1n) is 9.36. The molecule has 1 fully saturated rings. The molecular formula is C20H36O2. The highest BCUT2D eigenvalue weighted by Gasteiger charge is 2.52. The molecule has 128 valence electrons. The van der Waals surface area contributed by atoms with Crippen LogP contribution in [-0.2, 0) is 9.53 Å². The van der Waals surface area contributed by atoms with Crippen molar-refractivity contribution >= 4 is 5.97 Å². The van der Waals surface area contributed by atoms with Gasteiger partial charge in [0, 0.05) is 11.0 Å². The summed E-state index contributed by atoms with van der Waals surface area (Å²) in [7, 11) is 0. The molecule has 0 unspecified atom stereocenters. The van der Waals surface area contributed by atoms with Gasteiger partial charge in [-0.05, 0) is 51.9 Å². The van der Waals surface area contributed by atoms with Gasteiger partial charge in [0.1, 0.15) is 5.60 Å². The third kappa shape index (κ3) is 4.14. The lowest BCUT2D eigenvalue weighted by Crippen LogP contribution is -2.53. The highest BCUT2D eigenvalue weighted by atomic mass is 16.6. The van der Waals surface area contributed by atoms with Crippen molar-refractivity contribution in [2.24, 2.45) is 5.41 Å². The average Bonchev–Trinajstić information content (AvgIpc) is 2.48. The second kappa shape index (κ2) is 8.74. The Morgan fingerprint density at radius 2 is 1.45 bits per heavy atom. The van der Waals surface area contributed by atoms with Crippen molar-refractivity contribution in [2.75, 3.05) is 0 Å². The first kappa shape index (κ1) is 19.3. The van der Waals surface area contributed by atoms with Gasteiger partial charge < -0.3 is 4.74 Å². The third-order valence-electron chi connectivity index (χ3n) is 5.45. The summed E-state index contributed by atoms with van der Waals surface area (Å²) >= 11 is 0. The van der Waals surface area contributed by atoms with Crippen molar-refractivity contribution in [2.45, 2.75) is 104 Å². The summed E-state index contributed by atoms with van der Waals surface area (Å²) in [6.45, 7) is 12.3. The van der Waals surface area contributed by atoms with Crippen molar-refractivity contribution in [3.05, 3.63) is 12.2 Å². The molecule has 2 heteroatoms. The zero-order chi connectivity index (χ0) is 16.6. The van der Waals surface area contributed by atoms with E-state index in [1.54, 1.807) is 6.92 Å². The van der Waals surface area contributed by atoms with E-state index in [2.05, 4.69) is 27.4 Å². The standard InChI is InChI=1S/C20H36O2/c1-6-12-19(13-7-2,14-8-3)20(15-10-9-11-16-20)22-18(21)17(4)5/h4,6-16H2,1-3,5H3. The van der Waals surface area contributed by atoms with Crippen LogP contribution in [-0.4, -0.2) is 11.6 Å². The lowest BCUT2D eigenvalue weighted by Gasteiger charge is -2.52. The largest absolute Gasteiger partial charge is 0.455 e. The van der Waals surface area contributed by atoms with Crippen LogP contribution in [0.25, 0.3) is 0 Å². The Labute approximate surface area is 137 Å². The molecule has 0 heterocycles. The number of rotatable bonds is 9. The van der Waals surface area contributed by atoms with Gasteiger partial charge in [0.25, 0.3) is 0 Å². The Hall–Kier alpha value is -0.790. The molecule has 0 aromatic carbocycles. The molecule has 22 heavy (non-hydrogen) atoms. The zero-order valence-corrected chi connectivity index (χ0v) is 15.3. The number of ether oxygens (including phenoxy) is 1. The summed E-state index contributed by atoms with van der Waals surface area (Å²) < 4.78 is 6.23. The molecule has 0 saturated heterocycles. The molecule has 0 radical (unpaired) electrons. The molecule has 0 amide bonds. The van der Waals surface area contributed by atoms with Crippen LogP contribution in [0.15, 0.2) is 12.2 Å². The Morgan fingerprint density at radius 1 is 1.00 bits per heavy atom. The lowest BCUT2D eigenvalue weighted by atomic mass is 9.59. The fraction of sp³-hybridized carbons (Fsp3) is 0.850. The number of carbonyl (C=O) groups excluding carboxylic acids is 1. The summed E-state index contributed by atoms with van der Waals surface area (Å²) in [5, 5.41) is 0. The van der Waals surface area contributed by atoms with E-state index in [0.29, 0.717) is 5.57 Å². The van der Waals surface area contributed by atoms with Crippen molar-refractivity contribution in [1.82, 2.24) is 0 Å². The monoisotopic (exact) mass is 308 g/mol. The van der Waals surface area contributed by atoms with Gasteiger partial charge in [0.2, 0.25) is 0 Å². The predicted molar refractivity (Wildman–Crippen MR) is 93.9 cm³/mol. The Kier molecular flexibility index (Phi) is 7.65. The van der Waals surface area contributed by atoms with E-state index in [4.69, 9.17) is 4.74 Å². The molecule has 0 bridgehead atoms. The fourth-order valence-corrected chi connectivity index (χ4v) is 4.62. The van der Waals surface area contributed by atoms with Crippen LogP contribution in [0, 0.1) is 5.41 Å². The Morgan fingerprint density at radius 3 is 1.82 bits per heavy atom. The fourth-order valence-electron chi connectivity index (χ4n) is 4.62. The van der Waals surface area contributed by atoms with Crippen molar-refractivity contribution in [3.8, 4) is 0 Å². The molecule has 1 saturated carbocycles.